The lowest BCUT2D eigenvalue weighted by molar-refractivity contribution is -0.157. The fourth-order valence-corrected chi connectivity index (χ4v) is 3.82. The van der Waals surface area contributed by atoms with Crippen molar-refractivity contribution in [2.45, 2.75) is 91.4 Å². The van der Waals surface area contributed by atoms with Gasteiger partial charge < -0.3 is 14.5 Å². The molecule has 0 bridgehead atoms. The van der Waals surface area contributed by atoms with Crippen LogP contribution in [0.25, 0.3) is 0 Å². The van der Waals surface area contributed by atoms with Crippen LogP contribution in [-0.4, -0.2) is 28.5 Å². The van der Waals surface area contributed by atoms with Gasteiger partial charge in [0.2, 0.25) is 0 Å². The van der Waals surface area contributed by atoms with E-state index >= 15 is 0 Å². The summed E-state index contributed by atoms with van der Waals surface area (Å²) < 4.78 is 16.6. The number of ether oxygens (including phenoxy) is 1. The molecule has 144 valence electrons. The molecule has 0 aliphatic rings. The average molecular weight is 364 g/mol. The van der Waals surface area contributed by atoms with E-state index in [2.05, 4.69) is 13.8 Å². The molecular formula is C18H37O5P. The van der Waals surface area contributed by atoms with Gasteiger partial charge in [-0.05, 0) is 26.2 Å². The van der Waals surface area contributed by atoms with Crippen LogP contribution in [0.2, 0.25) is 0 Å². The molecule has 0 aromatic carbocycles. The van der Waals surface area contributed by atoms with Crippen molar-refractivity contribution in [3.63, 3.8) is 0 Å². The van der Waals surface area contributed by atoms with Gasteiger partial charge in [0.05, 0.1) is 18.2 Å². The Hall–Kier alpha value is -0.380. The summed E-state index contributed by atoms with van der Waals surface area (Å²) in [6, 6.07) is 0. The molecule has 0 heterocycles. The van der Waals surface area contributed by atoms with Crippen molar-refractivity contribution in [1.29, 1.82) is 0 Å². The summed E-state index contributed by atoms with van der Waals surface area (Å²) in [5.41, 5.74) is -0.737. The highest BCUT2D eigenvalue weighted by atomic mass is 31.2. The molecule has 0 aliphatic carbocycles. The van der Waals surface area contributed by atoms with Crippen LogP contribution in [0.3, 0.4) is 0 Å². The van der Waals surface area contributed by atoms with E-state index < -0.39 is 13.0 Å². The van der Waals surface area contributed by atoms with E-state index in [1.165, 1.54) is 0 Å². The van der Waals surface area contributed by atoms with Crippen molar-refractivity contribution in [3.05, 3.63) is 0 Å². The number of carbonyl (C=O) groups excluding carboxylic acids is 1. The highest BCUT2D eigenvalue weighted by Crippen LogP contribution is 2.44. The lowest BCUT2D eigenvalue weighted by Gasteiger charge is -2.32. The second-order valence-corrected chi connectivity index (χ2v) is 8.54. The molecule has 0 aromatic rings. The molecule has 0 rings (SSSR count). The zero-order chi connectivity index (χ0) is 18.5. The number of unbranched alkanes of at least 4 members (excludes halogenated alkanes) is 6. The molecule has 0 amide bonds. The molecule has 0 spiro atoms. The highest BCUT2D eigenvalue weighted by Gasteiger charge is 2.40. The van der Waals surface area contributed by atoms with Gasteiger partial charge in [-0.3, -0.25) is 9.36 Å². The standard InChI is InChI=1S/C18H37O5P/c1-4-7-9-11-13-18(17(19)23-6-3,14-12-10-8-5-2)15-16-24(20,21)22/h4-16H2,1-3H3,(H2,20,21,22). The van der Waals surface area contributed by atoms with E-state index in [1.807, 2.05) is 0 Å². The molecule has 0 aliphatic heterocycles. The predicted octanol–water partition coefficient (Wildman–Crippen LogP) is 5.04. The van der Waals surface area contributed by atoms with Crippen LogP contribution in [0.1, 0.15) is 91.4 Å². The molecule has 0 unspecified atom stereocenters. The van der Waals surface area contributed by atoms with Gasteiger partial charge >= 0.3 is 13.6 Å². The van der Waals surface area contributed by atoms with Gasteiger partial charge in [0.25, 0.3) is 0 Å². The van der Waals surface area contributed by atoms with Crippen molar-refractivity contribution in [3.8, 4) is 0 Å². The Bertz CT molecular complexity index is 366. The maximum atomic E-state index is 12.6. The van der Waals surface area contributed by atoms with E-state index in [-0.39, 0.29) is 18.6 Å². The summed E-state index contributed by atoms with van der Waals surface area (Å²) >= 11 is 0. The number of carbonyl (C=O) groups is 1. The van der Waals surface area contributed by atoms with Gasteiger partial charge in [-0.25, -0.2) is 0 Å². The lowest BCUT2D eigenvalue weighted by Crippen LogP contribution is -2.34. The predicted molar refractivity (Wildman–Crippen MR) is 98.1 cm³/mol. The van der Waals surface area contributed by atoms with Crippen LogP contribution < -0.4 is 0 Å². The Morgan fingerprint density at radius 2 is 1.38 bits per heavy atom. The minimum atomic E-state index is -4.12. The third-order valence-electron chi connectivity index (χ3n) is 4.61. The molecule has 2 N–H and O–H groups in total. The van der Waals surface area contributed by atoms with E-state index in [4.69, 9.17) is 4.74 Å². The second kappa shape index (κ2) is 12.9. The van der Waals surface area contributed by atoms with Gasteiger partial charge in [0.15, 0.2) is 0 Å². The van der Waals surface area contributed by atoms with Gasteiger partial charge in [-0.1, -0.05) is 65.2 Å². The Labute approximate surface area is 147 Å². The first-order valence-corrected chi connectivity index (χ1v) is 11.3. The molecule has 0 radical (unpaired) electrons. The normalized spacial score (nSPS) is 12.4. The Kier molecular flexibility index (Phi) is 12.7. The maximum Gasteiger partial charge on any atom is 0.325 e. The first-order valence-electron chi connectivity index (χ1n) is 9.53. The van der Waals surface area contributed by atoms with E-state index in [0.29, 0.717) is 19.4 Å². The third kappa shape index (κ3) is 10.5. The summed E-state index contributed by atoms with van der Waals surface area (Å²) in [6.45, 7) is 6.36. The monoisotopic (exact) mass is 364 g/mol. The molecule has 0 fully saturated rings. The highest BCUT2D eigenvalue weighted by molar-refractivity contribution is 7.51. The molecule has 0 atom stereocenters. The molecule has 5 nitrogen and oxygen atoms in total. The third-order valence-corrected chi connectivity index (χ3v) is 5.41. The van der Waals surface area contributed by atoms with Crippen molar-refractivity contribution >= 4 is 13.6 Å². The number of esters is 1. The quantitative estimate of drug-likeness (QED) is 0.241. The fraction of sp³-hybridized carbons (Fsp3) is 0.944. The van der Waals surface area contributed by atoms with Crippen LogP contribution in [0, 0.1) is 5.41 Å². The van der Waals surface area contributed by atoms with Crippen LogP contribution in [-0.2, 0) is 14.1 Å². The van der Waals surface area contributed by atoms with E-state index in [9.17, 15) is 19.1 Å². The first kappa shape index (κ1) is 23.6. The number of rotatable bonds is 15. The summed E-state index contributed by atoms with van der Waals surface area (Å²) in [4.78, 5) is 31.2. The van der Waals surface area contributed by atoms with Crippen molar-refractivity contribution in [1.82, 2.24) is 0 Å². The molecule has 0 saturated heterocycles. The van der Waals surface area contributed by atoms with Gasteiger partial charge in [-0.2, -0.15) is 0 Å². The minimum Gasteiger partial charge on any atom is -0.466 e. The van der Waals surface area contributed by atoms with Crippen molar-refractivity contribution in [2.24, 2.45) is 5.41 Å². The zero-order valence-corrected chi connectivity index (χ0v) is 16.7. The van der Waals surface area contributed by atoms with Crippen LogP contribution in [0.5, 0.6) is 0 Å². The first-order chi connectivity index (χ1) is 11.3. The van der Waals surface area contributed by atoms with Gasteiger partial charge in [0.1, 0.15) is 0 Å². The number of hydrogen-bond donors (Lipinski definition) is 2. The summed E-state index contributed by atoms with van der Waals surface area (Å²) in [6.07, 6.45) is 9.67. The Balaban J connectivity index is 5.06. The second-order valence-electron chi connectivity index (χ2n) is 6.76. The zero-order valence-electron chi connectivity index (χ0n) is 15.8. The minimum absolute atomic E-state index is 0.217. The van der Waals surface area contributed by atoms with Crippen molar-refractivity contribution in [2.75, 3.05) is 12.8 Å². The van der Waals surface area contributed by atoms with Crippen LogP contribution in [0.15, 0.2) is 0 Å². The molecule has 0 saturated carbocycles. The van der Waals surface area contributed by atoms with Crippen LogP contribution >= 0.6 is 7.60 Å². The maximum absolute atomic E-state index is 12.6. The molecule has 0 aromatic heterocycles. The van der Waals surface area contributed by atoms with E-state index in [1.54, 1.807) is 6.92 Å². The van der Waals surface area contributed by atoms with Crippen molar-refractivity contribution < 1.29 is 23.9 Å². The Morgan fingerprint density at radius 1 is 0.875 bits per heavy atom. The summed E-state index contributed by atoms with van der Waals surface area (Å²) in [5.74, 6) is -0.272. The molecule has 24 heavy (non-hydrogen) atoms. The average Bonchev–Trinajstić information content (AvgIpc) is 2.52. The summed E-state index contributed by atoms with van der Waals surface area (Å²) in [5, 5.41) is 0. The lowest BCUT2D eigenvalue weighted by atomic mass is 9.75. The number of hydrogen-bond acceptors (Lipinski definition) is 3. The SMILES string of the molecule is CCCCCCC(CCCCCC)(CCP(=O)(O)O)C(=O)OCC. The largest absolute Gasteiger partial charge is 0.466 e. The van der Waals surface area contributed by atoms with Crippen LogP contribution in [0.4, 0.5) is 0 Å². The van der Waals surface area contributed by atoms with Gasteiger partial charge in [0, 0.05) is 0 Å². The topological polar surface area (TPSA) is 83.8 Å². The van der Waals surface area contributed by atoms with E-state index in [0.717, 1.165) is 51.4 Å². The Morgan fingerprint density at radius 3 is 1.75 bits per heavy atom. The van der Waals surface area contributed by atoms with Gasteiger partial charge in [-0.15, -0.1) is 0 Å². The summed E-state index contributed by atoms with van der Waals surface area (Å²) in [7, 11) is -4.12. The smallest absolute Gasteiger partial charge is 0.325 e. The fourth-order valence-electron chi connectivity index (χ4n) is 3.11. The molecular weight excluding hydrogens is 327 g/mol. The molecule has 6 heteroatoms.